The van der Waals surface area contributed by atoms with E-state index >= 15 is 0 Å². The first kappa shape index (κ1) is 13.9. The zero-order valence-electron chi connectivity index (χ0n) is 12.0. The number of nitriles is 1. The van der Waals surface area contributed by atoms with Gasteiger partial charge in [0.15, 0.2) is 5.82 Å². The standard InChI is InChI=1S/C14H16N8/c15-7-10-1-2-11(8-18-10)21-3-5-22(6-4-21)12-9-19-14(17)20-13(12)16/h1-2,8-9H,3-6H2,(H4,16,17,19,20). The van der Waals surface area contributed by atoms with Crippen LogP contribution in [0.1, 0.15) is 5.69 Å². The van der Waals surface area contributed by atoms with Crippen LogP contribution in [0.25, 0.3) is 0 Å². The van der Waals surface area contributed by atoms with Gasteiger partial charge in [-0.05, 0) is 12.1 Å². The summed E-state index contributed by atoms with van der Waals surface area (Å²) in [6.07, 6.45) is 3.39. The zero-order chi connectivity index (χ0) is 15.5. The van der Waals surface area contributed by atoms with Crippen molar-refractivity contribution in [3.63, 3.8) is 0 Å². The smallest absolute Gasteiger partial charge is 0.222 e. The molecule has 0 unspecified atom stereocenters. The van der Waals surface area contributed by atoms with Gasteiger partial charge < -0.3 is 21.3 Å². The normalized spacial score (nSPS) is 14.7. The van der Waals surface area contributed by atoms with Crippen LogP contribution < -0.4 is 21.3 Å². The zero-order valence-corrected chi connectivity index (χ0v) is 12.0. The Labute approximate surface area is 128 Å². The number of anilines is 4. The molecule has 8 heteroatoms. The molecular weight excluding hydrogens is 280 g/mol. The summed E-state index contributed by atoms with van der Waals surface area (Å²) in [6.45, 7) is 3.27. The maximum Gasteiger partial charge on any atom is 0.222 e. The van der Waals surface area contributed by atoms with Crippen LogP contribution in [0.5, 0.6) is 0 Å². The minimum Gasteiger partial charge on any atom is -0.382 e. The van der Waals surface area contributed by atoms with E-state index in [1.54, 1.807) is 18.5 Å². The second-order valence-corrected chi connectivity index (χ2v) is 4.99. The van der Waals surface area contributed by atoms with E-state index in [2.05, 4.69) is 24.8 Å². The topological polar surface area (TPSA) is 121 Å². The van der Waals surface area contributed by atoms with Crippen LogP contribution in [0.15, 0.2) is 24.5 Å². The SMILES string of the molecule is N#Cc1ccc(N2CCN(c3cnc(N)nc3N)CC2)cn1. The number of nitrogens with zero attached hydrogens (tertiary/aromatic N) is 6. The number of aromatic nitrogens is 3. The van der Waals surface area contributed by atoms with Crippen molar-refractivity contribution in [3.05, 3.63) is 30.2 Å². The molecule has 0 aliphatic carbocycles. The molecule has 0 atom stereocenters. The fourth-order valence-electron chi connectivity index (χ4n) is 2.49. The summed E-state index contributed by atoms with van der Waals surface area (Å²) in [4.78, 5) is 16.5. The average Bonchev–Trinajstić information content (AvgIpc) is 2.55. The molecule has 0 bridgehead atoms. The van der Waals surface area contributed by atoms with Crippen LogP contribution in [0, 0.1) is 11.3 Å². The van der Waals surface area contributed by atoms with Gasteiger partial charge in [0, 0.05) is 26.2 Å². The Morgan fingerprint density at radius 1 is 1.00 bits per heavy atom. The lowest BCUT2D eigenvalue weighted by Crippen LogP contribution is -2.46. The van der Waals surface area contributed by atoms with Gasteiger partial charge in [-0.2, -0.15) is 10.2 Å². The van der Waals surface area contributed by atoms with E-state index in [1.165, 1.54) is 0 Å². The molecule has 0 radical (unpaired) electrons. The van der Waals surface area contributed by atoms with Crippen molar-refractivity contribution in [1.82, 2.24) is 15.0 Å². The highest BCUT2D eigenvalue weighted by Gasteiger charge is 2.20. The molecule has 0 amide bonds. The molecule has 8 nitrogen and oxygen atoms in total. The van der Waals surface area contributed by atoms with Gasteiger partial charge >= 0.3 is 0 Å². The molecule has 22 heavy (non-hydrogen) atoms. The number of rotatable bonds is 2. The maximum absolute atomic E-state index is 8.78. The second kappa shape index (κ2) is 5.73. The molecule has 112 valence electrons. The van der Waals surface area contributed by atoms with Crippen LogP contribution in [-0.4, -0.2) is 41.1 Å². The average molecular weight is 296 g/mol. The summed E-state index contributed by atoms with van der Waals surface area (Å²) in [5, 5.41) is 8.78. The van der Waals surface area contributed by atoms with E-state index in [9.17, 15) is 0 Å². The van der Waals surface area contributed by atoms with Crippen LogP contribution in [-0.2, 0) is 0 Å². The molecule has 0 aromatic carbocycles. The number of pyridine rings is 1. The molecule has 2 aromatic rings. The Morgan fingerprint density at radius 2 is 1.73 bits per heavy atom. The predicted octanol–water partition coefficient (Wildman–Crippen LogP) is 0.234. The molecule has 2 aromatic heterocycles. The fourth-order valence-corrected chi connectivity index (χ4v) is 2.49. The molecule has 4 N–H and O–H groups in total. The van der Waals surface area contributed by atoms with Crippen molar-refractivity contribution in [2.24, 2.45) is 0 Å². The van der Waals surface area contributed by atoms with Crippen LogP contribution in [0.3, 0.4) is 0 Å². The Hall–Kier alpha value is -3.08. The Morgan fingerprint density at radius 3 is 2.32 bits per heavy atom. The van der Waals surface area contributed by atoms with Gasteiger partial charge in [0.2, 0.25) is 5.95 Å². The highest BCUT2D eigenvalue weighted by atomic mass is 15.3. The van der Waals surface area contributed by atoms with Gasteiger partial charge in [0.1, 0.15) is 11.8 Å². The fraction of sp³-hybridized carbons (Fsp3) is 0.286. The molecule has 0 saturated carbocycles. The molecule has 1 fully saturated rings. The minimum absolute atomic E-state index is 0.184. The van der Waals surface area contributed by atoms with Gasteiger partial charge in [-0.1, -0.05) is 0 Å². The summed E-state index contributed by atoms with van der Waals surface area (Å²) in [5.74, 6) is 0.588. The molecule has 1 aliphatic heterocycles. The van der Waals surface area contributed by atoms with Gasteiger partial charge in [0.05, 0.1) is 23.8 Å². The molecular formula is C14H16N8. The lowest BCUT2D eigenvalue weighted by Gasteiger charge is -2.37. The van der Waals surface area contributed by atoms with E-state index in [4.69, 9.17) is 16.7 Å². The van der Waals surface area contributed by atoms with Crippen LogP contribution in [0.4, 0.5) is 23.1 Å². The predicted molar refractivity (Wildman–Crippen MR) is 84.2 cm³/mol. The van der Waals surface area contributed by atoms with Crippen molar-refractivity contribution in [3.8, 4) is 6.07 Å². The van der Waals surface area contributed by atoms with Gasteiger partial charge in [0.25, 0.3) is 0 Å². The Balaban J connectivity index is 1.68. The van der Waals surface area contributed by atoms with Crippen molar-refractivity contribution in [2.75, 3.05) is 47.4 Å². The first-order valence-corrected chi connectivity index (χ1v) is 6.91. The summed E-state index contributed by atoms with van der Waals surface area (Å²) in [7, 11) is 0. The summed E-state index contributed by atoms with van der Waals surface area (Å²) < 4.78 is 0. The van der Waals surface area contributed by atoms with Gasteiger partial charge in [-0.3, -0.25) is 0 Å². The molecule has 1 aliphatic rings. The van der Waals surface area contributed by atoms with Crippen LogP contribution >= 0.6 is 0 Å². The summed E-state index contributed by atoms with van der Waals surface area (Å²) >= 11 is 0. The second-order valence-electron chi connectivity index (χ2n) is 4.99. The Bertz CT molecular complexity index is 698. The minimum atomic E-state index is 0.184. The first-order valence-electron chi connectivity index (χ1n) is 6.91. The highest BCUT2D eigenvalue weighted by Crippen LogP contribution is 2.23. The molecule has 3 rings (SSSR count). The number of hydrogen-bond donors (Lipinski definition) is 2. The van der Waals surface area contributed by atoms with E-state index in [-0.39, 0.29) is 5.95 Å². The van der Waals surface area contributed by atoms with Crippen molar-refractivity contribution < 1.29 is 0 Å². The largest absolute Gasteiger partial charge is 0.382 e. The molecule has 3 heterocycles. The van der Waals surface area contributed by atoms with E-state index < -0.39 is 0 Å². The van der Waals surface area contributed by atoms with E-state index in [1.807, 2.05) is 12.1 Å². The van der Waals surface area contributed by atoms with E-state index in [0.717, 1.165) is 37.6 Å². The summed E-state index contributed by atoms with van der Waals surface area (Å²) in [5.41, 5.74) is 13.7. The monoisotopic (exact) mass is 296 g/mol. The summed E-state index contributed by atoms with van der Waals surface area (Å²) in [6, 6.07) is 5.67. The Kier molecular flexibility index (Phi) is 3.62. The molecule has 1 saturated heterocycles. The van der Waals surface area contributed by atoms with Crippen LogP contribution in [0.2, 0.25) is 0 Å². The number of nitrogens with two attached hydrogens (primary N) is 2. The number of nitrogen functional groups attached to an aromatic ring is 2. The maximum atomic E-state index is 8.78. The third-order valence-corrected chi connectivity index (χ3v) is 3.66. The highest BCUT2D eigenvalue weighted by molar-refractivity contribution is 5.64. The van der Waals surface area contributed by atoms with Crippen molar-refractivity contribution in [2.45, 2.75) is 0 Å². The third-order valence-electron chi connectivity index (χ3n) is 3.66. The lowest BCUT2D eigenvalue weighted by atomic mass is 10.2. The van der Waals surface area contributed by atoms with Gasteiger partial charge in [-0.25, -0.2) is 9.97 Å². The van der Waals surface area contributed by atoms with Crippen molar-refractivity contribution in [1.29, 1.82) is 5.26 Å². The number of piperazine rings is 1. The lowest BCUT2D eigenvalue weighted by molar-refractivity contribution is 0.652. The van der Waals surface area contributed by atoms with Crippen molar-refractivity contribution >= 4 is 23.1 Å². The first-order chi connectivity index (χ1) is 10.7. The van der Waals surface area contributed by atoms with E-state index in [0.29, 0.717) is 11.5 Å². The quantitative estimate of drug-likeness (QED) is 0.808. The molecule has 0 spiro atoms. The number of hydrogen-bond acceptors (Lipinski definition) is 8. The third kappa shape index (κ3) is 2.69. The van der Waals surface area contributed by atoms with Gasteiger partial charge in [-0.15, -0.1) is 0 Å².